The number of hydrogen-bond donors (Lipinski definition) is 0. The van der Waals surface area contributed by atoms with E-state index in [2.05, 4.69) is 34.1 Å². The molecule has 0 bridgehead atoms. The highest BCUT2D eigenvalue weighted by Crippen LogP contribution is 2.27. The lowest BCUT2D eigenvalue weighted by atomic mass is 10.1. The minimum absolute atomic E-state index is 0.542. The molecule has 1 aliphatic rings. The Kier molecular flexibility index (Phi) is 2.49. The molecule has 0 aromatic heterocycles. The summed E-state index contributed by atoms with van der Waals surface area (Å²) in [5.41, 5.74) is 3.97. The molecule has 1 unspecified atom stereocenters. The van der Waals surface area contributed by atoms with Crippen LogP contribution < -0.4 is 0 Å². The number of carbonyl (C=O) groups excluding carboxylic acids is 1. The van der Waals surface area contributed by atoms with Gasteiger partial charge >= 0.3 is 0 Å². The second-order valence-corrected chi connectivity index (χ2v) is 4.77. The van der Waals surface area contributed by atoms with Gasteiger partial charge in [0.25, 0.3) is 0 Å². The van der Waals surface area contributed by atoms with E-state index in [1.807, 2.05) is 0 Å². The number of carbonyl (C=O) groups is 1. The Bertz CT molecular complexity index is 333. The van der Waals surface area contributed by atoms with E-state index < -0.39 is 0 Å². The molecule has 1 aliphatic carbocycles. The van der Waals surface area contributed by atoms with Crippen molar-refractivity contribution in [3.05, 3.63) is 34.9 Å². The maximum atomic E-state index is 10.3. The summed E-state index contributed by atoms with van der Waals surface area (Å²) in [6.07, 6.45) is 3.72. The van der Waals surface area contributed by atoms with Crippen LogP contribution in [0.2, 0.25) is 0 Å². The summed E-state index contributed by atoms with van der Waals surface area (Å²) in [6, 6.07) is 6.36. The predicted molar refractivity (Wildman–Crippen MR) is 56.3 cm³/mol. The van der Waals surface area contributed by atoms with Crippen LogP contribution in [0.15, 0.2) is 18.2 Å². The van der Waals surface area contributed by atoms with Crippen LogP contribution in [0.1, 0.15) is 16.7 Å². The molecule has 1 nitrogen and oxygen atoms in total. The lowest BCUT2D eigenvalue weighted by Gasteiger charge is -2.00. The fourth-order valence-electron chi connectivity index (χ4n) is 1.84. The Labute approximate surface area is 86.3 Å². The topological polar surface area (TPSA) is 17.1 Å². The van der Waals surface area contributed by atoms with E-state index in [4.69, 9.17) is 0 Å². The first kappa shape index (κ1) is 8.95. The molecular weight excluding hydrogens is 228 g/mol. The first-order valence-electron chi connectivity index (χ1n) is 4.48. The molecule has 0 N–H and O–H groups in total. The second-order valence-electron chi connectivity index (χ2n) is 3.48. The van der Waals surface area contributed by atoms with E-state index in [0.717, 1.165) is 24.7 Å². The number of aldehydes is 1. The first-order chi connectivity index (χ1) is 6.29. The lowest BCUT2D eigenvalue weighted by molar-refractivity contribution is -0.107. The van der Waals surface area contributed by atoms with E-state index in [1.54, 1.807) is 0 Å². The molecule has 0 radical (unpaired) electrons. The average molecular weight is 239 g/mol. The standard InChI is InChI=1S/C11H11BrO/c12-11-6-9-2-1-8(3-4-13)5-10(9)7-11/h1-2,4-5,11H,3,6-7H2. The third-order valence-corrected chi connectivity index (χ3v) is 3.12. The summed E-state index contributed by atoms with van der Waals surface area (Å²) >= 11 is 3.61. The predicted octanol–water partition coefficient (Wildman–Crippen LogP) is 2.29. The fraction of sp³-hybridized carbons (Fsp3) is 0.364. The third-order valence-electron chi connectivity index (χ3n) is 2.47. The summed E-state index contributed by atoms with van der Waals surface area (Å²) in [5.74, 6) is 0. The van der Waals surface area contributed by atoms with E-state index in [-0.39, 0.29) is 0 Å². The maximum absolute atomic E-state index is 10.3. The molecular formula is C11H11BrO. The van der Waals surface area contributed by atoms with Crippen LogP contribution >= 0.6 is 15.9 Å². The van der Waals surface area contributed by atoms with E-state index in [1.165, 1.54) is 11.1 Å². The van der Waals surface area contributed by atoms with Gasteiger partial charge in [-0.3, -0.25) is 0 Å². The SMILES string of the molecule is O=CCc1ccc2c(c1)CC(Br)C2. The van der Waals surface area contributed by atoms with Gasteiger partial charge in [-0.15, -0.1) is 0 Å². The Morgan fingerprint density at radius 3 is 2.92 bits per heavy atom. The fourth-order valence-corrected chi connectivity index (χ4v) is 2.54. The van der Waals surface area contributed by atoms with Crippen LogP contribution in [0.3, 0.4) is 0 Å². The summed E-state index contributed by atoms with van der Waals surface area (Å²) in [4.78, 5) is 10.9. The molecule has 0 spiro atoms. The number of fused-ring (bicyclic) bond motifs is 1. The van der Waals surface area contributed by atoms with Crippen molar-refractivity contribution in [3.63, 3.8) is 0 Å². The van der Waals surface area contributed by atoms with Crippen molar-refractivity contribution in [2.75, 3.05) is 0 Å². The van der Waals surface area contributed by atoms with Crippen LogP contribution in [0.4, 0.5) is 0 Å². The van der Waals surface area contributed by atoms with Crippen molar-refractivity contribution in [3.8, 4) is 0 Å². The Morgan fingerprint density at radius 1 is 1.38 bits per heavy atom. The number of alkyl halides is 1. The molecule has 1 aromatic rings. The van der Waals surface area contributed by atoms with Gasteiger partial charge in [0.05, 0.1) is 0 Å². The van der Waals surface area contributed by atoms with Crippen molar-refractivity contribution in [2.45, 2.75) is 24.1 Å². The van der Waals surface area contributed by atoms with Gasteiger partial charge in [0.15, 0.2) is 0 Å². The van der Waals surface area contributed by atoms with E-state index >= 15 is 0 Å². The van der Waals surface area contributed by atoms with Crippen molar-refractivity contribution in [1.29, 1.82) is 0 Å². The monoisotopic (exact) mass is 238 g/mol. The lowest BCUT2D eigenvalue weighted by Crippen LogP contribution is -1.92. The highest BCUT2D eigenvalue weighted by atomic mass is 79.9. The molecule has 0 fully saturated rings. The van der Waals surface area contributed by atoms with E-state index in [9.17, 15) is 4.79 Å². The zero-order valence-electron chi connectivity index (χ0n) is 7.29. The third kappa shape index (κ3) is 1.83. The quantitative estimate of drug-likeness (QED) is 0.571. The van der Waals surface area contributed by atoms with Gasteiger partial charge in [-0.1, -0.05) is 34.1 Å². The summed E-state index contributed by atoms with van der Waals surface area (Å²) in [5, 5.41) is 0. The van der Waals surface area contributed by atoms with Crippen molar-refractivity contribution >= 4 is 22.2 Å². The number of rotatable bonds is 2. The normalized spacial score (nSPS) is 19.9. The highest BCUT2D eigenvalue weighted by Gasteiger charge is 2.18. The average Bonchev–Trinajstić information content (AvgIpc) is 2.44. The van der Waals surface area contributed by atoms with Crippen LogP contribution in [-0.4, -0.2) is 11.1 Å². The maximum Gasteiger partial charge on any atom is 0.124 e. The molecule has 0 aliphatic heterocycles. The molecule has 0 saturated heterocycles. The molecule has 0 saturated carbocycles. The number of benzene rings is 1. The van der Waals surface area contributed by atoms with Crippen LogP contribution in [-0.2, 0) is 24.1 Å². The van der Waals surface area contributed by atoms with Crippen molar-refractivity contribution < 1.29 is 4.79 Å². The molecule has 1 aromatic carbocycles. The number of hydrogen-bond acceptors (Lipinski definition) is 1. The highest BCUT2D eigenvalue weighted by molar-refractivity contribution is 9.09. The van der Waals surface area contributed by atoms with Crippen LogP contribution in [0.5, 0.6) is 0 Å². The minimum Gasteiger partial charge on any atom is -0.303 e. The zero-order chi connectivity index (χ0) is 9.26. The molecule has 0 heterocycles. The Morgan fingerprint density at radius 2 is 2.15 bits per heavy atom. The molecule has 1 atom stereocenters. The smallest absolute Gasteiger partial charge is 0.124 e. The van der Waals surface area contributed by atoms with Gasteiger partial charge in [0.2, 0.25) is 0 Å². The van der Waals surface area contributed by atoms with E-state index in [0.29, 0.717) is 11.2 Å². The van der Waals surface area contributed by atoms with Crippen LogP contribution in [0, 0.1) is 0 Å². The molecule has 68 valence electrons. The minimum atomic E-state index is 0.542. The molecule has 2 heteroatoms. The van der Waals surface area contributed by atoms with Crippen molar-refractivity contribution in [2.24, 2.45) is 0 Å². The second kappa shape index (κ2) is 3.62. The van der Waals surface area contributed by atoms with Gasteiger partial charge in [-0.05, 0) is 29.5 Å². The van der Waals surface area contributed by atoms with Gasteiger partial charge in [0.1, 0.15) is 6.29 Å². The largest absolute Gasteiger partial charge is 0.303 e. The van der Waals surface area contributed by atoms with Gasteiger partial charge in [-0.25, -0.2) is 0 Å². The van der Waals surface area contributed by atoms with Crippen molar-refractivity contribution in [1.82, 2.24) is 0 Å². The molecule has 13 heavy (non-hydrogen) atoms. The van der Waals surface area contributed by atoms with Gasteiger partial charge in [0, 0.05) is 11.2 Å². The summed E-state index contributed by atoms with van der Waals surface area (Å²) in [6.45, 7) is 0. The number of halogens is 1. The van der Waals surface area contributed by atoms with Gasteiger partial charge < -0.3 is 4.79 Å². The first-order valence-corrected chi connectivity index (χ1v) is 5.39. The molecule has 0 amide bonds. The molecule has 2 rings (SSSR count). The summed E-state index contributed by atoms with van der Waals surface area (Å²) < 4.78 is 0. The zero-order valence-corrected chi connectivity index (χ0v) is 8.88. The summed E-state index contributed by atoms with van der Waals surface area (Å²) in [7, 11) is 0. The van der Waals surface area contributed by atoms with Gasteiger partial charge in [-0.2, -0.15) is 0 Å². The Hall–Kier alpha value is -0.630. The van der Waals surface area contributed by atoms with Crippen LogP contribution in [0.25, 0.3) is 0 Å². The Balaban J connectivity index is 2.29.